The van der Waals surface area contributed by atoms with Gasteiger partial charge in [0.25, 0.3) is 0 Å². The van der Waals surface area contributed by atoms with Crippen molar-refractivity contribution in [2.24, 2.45) is 0 Å². The molecule has 0 atom stereocenters. The first-order valence-corrected chi connectivity index (χ1v) is 13.1. The number of rotatable bonds is 1. The molecule has 1 nitrogen and oxygen atoms in total. The lowest BCUT2D eigenvalue weighted by molar-refractivity contribution is 0.481. The Labute approximate surface area is 135 Å². The molecule has 0 aliphatic carbocycles. The summed E-state index contributed by atoms with van der Waals surface area (Å²) in [5, 5.41) is 14.0. The highest BCUT2D eigenvalue weighted by atomic mass is 127. The SMILES string of the molecule is Oc1cccc2ccc(F)c(C#CSP(I)I)c12. The van der Waals surface area contributed by atoms with Crippen LogP contribution in [0.1, 0.15) is 5.56 Å². The summed E-state index contributed by atoms with van der Waals surface area (Å²) in [5.41, 5.74) is 0.266. The number of benzene rings is 2. The summed E-state index contributed by atoms with van der Waals surface area (Å²) in [4.78, 5) is 0. The summed E-state index contributed by atoms with van der Waals surface area (Å²) in [7, 11) is 0. The maximum absolute atomic E-state index is 13.8. The number of aromatic hydroxyl groups is 1. The van der Waals surface area contributed by atoms with Crippen molar-refractivity contribution in [3.63, 3.8) is 0 Å². The van der Waals surface area contributed by atoms with Gasteiger partial charge in [0.2, 0.25) is 0 Å². The van der Waals surface area contributed by atoms with E-state index in [1.807, 2.05) is 6.07 Å². The lowest BCUT2D eigenvalue weighted by Crippen LogP contribution is -1.86. The minimum Gasteiger partial charge on any atom is -0.507 e. The van der Waals surface area contributed by atoms with Crippen molar-refractivity contribution in [3.05, 3.63) is 41.7 Å². The van der Waals surface area contributed by atoms with E-state index in [1.54, 1.807) is 18.2 Å². The molecule has 2 aromatic carbocycles. The van der Waals surface area contributed by atoms with Gasteiger partial charge in [0.05, 0.1) is 7.97 Å². The van der Waals surface area contributed by atoms with E-state index in [0.29, 0.717) is 5.39 Å². The number of halogens is 3. The van der Waals surface area contributed by atoms with Gasteiger partial charge in [-0.25, -0.2) is 4.39 Å². The number of hydrogen-bond acceptors (Lipinski definition) is 2. The van der Waals surface area contributed by atoms with E-state index in [-0.39, 0.29) is 13.7 Å². The quantitative estimate of drug-likeness (QED) is 0.302. The van der Waals surface area contributed by atoms with Crippen LogP contribution in [-0.4, -0.2) is 5.11 Å². The summed E-state index contributed by atoms with van der Waals surface area (Å²) < 4.78 is 13.5. The summed E-state index contributed by atoms with van der Waals surface area (Å²) in [6, 6.07) is 8.14. The van der Waals surface area contributed by atoms with Crippen LogP contribution in [-0.2, 0) is 0 Å². The van der Waals surface area contributed by atoms with Gasteiger partial charge >= 0.3 is 0 Å². The van der Waals surface area contributed by atoms with Crippen LogP contribution in [0.25, 0.3) is 10.8 Å². The smallest absolute Gasteiger partial charge is 0.139 e. The molecule has 2 aromatic rings. The zero-order chi connectivity index (χ0) is 13.1. The molecule has 0 radical (unpaired) electrons. The summed E-state index contributed by atoms with van der Waals surface area (Å²) in [5.74, 6) is 2.48. The summed E-state index contributed by atoms with van der Waals surface area (Å²) in [6.07, 6.45) is 0. The predicted octanol–water partition coefficient (Wildman–Crippen LogP) is 5.82. The molecular weight excluding hydrogens is 496 g/mol. The van der Waals surface area contributed by atoms with Crippen molar-refractivity contribution in [2.45, 2.75) is 0 Å². The maximum atomic E-state index is 13.8. The van der Waals surface area contributed by atoms with E-state index in [1.165, 1.54) is 17.4 Å². The van der Waals surface area contributed by atoms with Crippen molar-refractivity contribution in [1.82, 2.24) is 0 Å². The largest absolute Gasteiger partial charge is 0.507 e. The van der Waals surface area contributed by atoms with Gasteiger partial charge in [0.1, 0.15) is 11.6 Å². The van der Waals surface area contributed by atoms with Gasteiger partial charge < -0.3 is 5.11 Å². The normalized spacial score (nSPS) is 10.4. The van der Waals surface area contributed by atoms with Crippen LogP contribution in [0.2, 0.25) is 0 Å². The molecule has 0 aliphatic heterocycles. The van der Waals surface area contributed by atoms with Gasteiger partial charge in [-0.3, -0.25) is 0 Å². The van der Waals surface area contributed by atoms with E-state index in [9.17, 15) is 9.50 Å². The van der Waals surface area contributed by atoms with E-state index in [2.05, 4.69) is 55.3 Å². The van der Waals surface area contributed by atoms with Gasteiger partial charge in [-0.1, -0.05) is 24.1 Å². The molecule has 0 amide bonds. The Morgan fingerprint density at radius 2 is 2.00 bits per heavy atom. The Morgan fingerprint density at radius 3 is 2.72 bits per heavy atom. The first kappa shape index (κ1) is 14.6. The van der Waals surface area contributed by atoms with Crippen LogP contribution < -0.4 is 0 Å². The maximum Gasteiger partial charge on any atom is 0.139 e. The van der Waals surface area contributed by atoms with Crippen molar-refractivity contribution in [2.75, 3.05) is 0 Å². The molecule has 1 N–H and O–H groups in total. The second kappa shape index (κ2) is 6.60. The lowest BCUT2D eigenvalue weighted by Gasteiger charge is -2.04. The second-order valence-electron chi connectivity index (χ2n) is 3.32. The van der Waals surface area contributed by atoms with E-state index in [4.69, 9.17) is 0 Å². The molecule has 92 valence electrons. The van der Waals surface area contributed by atoms with Crippen LogP contribution in [0.4, 0.5) is 4.39 Å². The fourth-order valence-electron chi connectivity index (χ4n) is 1.57. The van der Waals surface area contributed by atoms with Crippen molar-refractivity contribution >= 4 is 68.6 Å². The molecule has 0 spiro atoms. The average molecular weight is 502 g/mol. The molecule has 0 saturated heterocycles. The molecule has 0 aliphatic rings. The highest BCUT2D eigenvalue weighted by Gasteiger charge is 2.09. The highest BCUT2D eigenvalue weighted by Crippen LogP contribution is 2.64. The third-order valence-corrected chi connectivity index (χ3v) is 6.83. The summed E-state index contributed by atoms with van der Waals surface area (Å²) >= 11 is 6.05. The molecule has 0 fully saturated rings. The molecule has 0 bridgehead atoms. The minimum absolute atomic E-state index is 0.0625. The van der Waals surface area contributed by atoms with Gasteiger partial charge in [0.15, 0.2) is 0 Å². The Morgan fingerprint density at radius 1 is 1.22 bits per heavy atom. The van der Waals surface area contributed by atoms with Crippen LogP contribution in [0, 0.1) is 17.0 Å². The third kappa shape index (κ3) is 3.41. The first-order chi connectivity index (χ1) is 8.59. The van der Waals surface area contributed by atoms with Crippen LogP contribution >= 0.6 is 57.9 Å². The number of fused-ring (bicyclic) bond motifs is 1. The first-order valence-electron chi connectivity index (χ1n) is 4.79. The topological polar surface area (TPSA) is 20.2 Å². The fraction of sp³-hybridized carbons (Fsp3) is 0. The predicted molar refractivity (Wildman–Crippen MR) is 95.0 cm³/mol. The number of phenols is 1. The minimum atomic E-state index is -0.400. The van der Waals surface area contributed by atoms with Crippen molar-refractivity contribution in [3.8, 4) is 16.9 Å². The molecule has 0 unspecified atom stereocenters. The molecule has 0 saturated carbocycles. The Kier molecular flexibility index (Phi) is 5.36. The Hall–Kier alpha value is 0.230. The molecule has 0 aromatic heterocycles. The van der Waals surface area contributed by atoms with Crippen LogP contribution in [0.15, 0.2) is 30.3 Å². The Balaban J connectivity index is 2.60. The van der Waals surface area contributed by atoms with Gasteiger partial charge in [-0.05, 0) is 78.2 Å². The van der Waals surface area contributed by atoms with E-state index in [0.717, 1.165) is 5.39 Å². The van der Waals surface area contributed by atoms with Gasteiger partial charge in [0, 0.05) is 5.39 Å². The lowest BCUT2D eigenvalue weighted by atomic mass is 10.0. The third-order valence-electron chi connectivity index (χ3n) is 2.26. The molecule has 2 rings (SSSR count). The zero-order valence-electron chi connectivity index (χ0n) is 8.82. The number of hydrogen-bond donors (Lipinski definition) is 1. The average Bonchev–Trinajstić information content (AvgIpc) is 2.32. The van der Waals surface area contributed by atoms with E-state index >= 15 is 0 Å². The van der Waals surface area contributed by atoms with Crippen molar-refractivity contribution < 1.29 is 9.50 Å². The van der Waals surface area contributed by atoms with Crippen LogP contribution in [0.5, 0.6) is 5.75 Å². The monoisotopic (exact) mass is 502 g/mol. The van der Waals surface area contributed by atoms with Crippen molar-refractivity contribution in [1.29, 1.82) is 0 Å². The summed E-state index contributed by atoms with van der Waals surface area (Å²) in [6.45, 7) is 0. The zero-order valence-corrected chi connectivity index (χ0v) is 14.8. The van der Waals surface area contributed by atoms with E-state index < -0.39 is 5.82 Å². The van der Waals surface area contributed by atoms with Crippen LogP contribution in [0.3, 0.4) is 0 Å². The van der Waals surface area contributed by atoms with Gasteiger partial charge in [-0.15, -0.1) is 0 Å². The van der Waals surface area contributed by atoms with Gasteiger partial charge in [-0.2, -0.15) is 0 Å². The highest BCUT2D eigenvalue weighted by molar-refractivity contribution is 14.3. The number of phenolic OH excluding ortho intramolecular Hbond substituents is 1. The standard InChI is InChI=1S/C12H6FI2OPS/c13-10-5-4-8-2-1-3-11(16)12(8)9(10)6-7-18-17(14)15/h1-5,16H. The molecule has 6 heteroatoms. The molecule has 0 heterocycles. The fourth-order valence-corrected chi connectivity index (χ4v) is 3.90. The second-order valence-corrected chi connectivity index (χ2v) is 21.0. The molecule has 18 heavy (non-hydrogen) atoms. The Bertz CT molecular complexity index is 652. The molecular formula is C12H6FI2OPS.